The largest absolute Gasteiger partial charge is 0.334 e. The van der Waals surface area contributed by atoms with Gasteiger partial charge in [0, 0.05) is 24.7 Å². The maximum absolute atomic E-state index is 13.1. The Bertz CT molecular complexity index is 461. The molecule has 3 nitrogen and oxygen atoms in total. The molecule has 1 aromatic carbocycles. The maximum Gasteiger partial charge on any atom is 0.254 e. The van der Waals surface area contributed by atoms with E-state index in [1.807, 2.05) is 0 Å². The van der Waals surface area contributed by atoms with E-state index in [4.69, 9.17) is 5.73 Å². The topological polar surface area (TPSA) is 46.3 Å². The van der Waals surface area contributed by atoms with Crippen LogP contribution in [0.4, 0.5) is 13.2 Å². The fourth-order valence-electron chi connectivity index (χ4n) is 2.19. The molecule has 0 aliphatic carbocycles. The van der Waals surface area contributed by atoms with Crippen molar-refractivity contribution in [3.8, 4) is 0 Å². The van der Waals surface area contributed by atoms with Crippen LogP contribution in [0.15, 0.2) is 12.1 Å². The van der Waals surface area contributed by atoms with E-state index in [2.05, 4.69) is 0 Å². The van der Waals surface area contributed by atoms with Crippen LogP contribution in [0.3, 0.4) is 0 Å². The third-order valence-corrected chi connectivity index (χ3v) is 3.14. The Morgan fingerprint density at radius 3 is 2.42 bits per heavy atom. The van der Waals surface area contributed by atoms with Crippen LogP contribution in [0.2, 0.25) is 0 Å². The Kier molecular flexibility index (Phi) is 5.20. The molecule has 1 heterocycles. The van der Waals surface area contributed by atoms with Crippen LogP contribution in [0.5, 0.6) is 0 Å². The summed E-state index contributed by atoms with van der Waals surface area (Å²) in [4.78, 5) is 13.5. The van der Waals surface area contributed by atoms with E-state index in [0.717, 1.165) is 12.8 Å². The van der Waals surface area contributed by atoms with Gasteiger partial charge in [-0.2, -0.15) is 0 Å². The van der Waals surface area contributed by atoms with Crippen LogP contribution in [0, 0.1) is 17.5 Å². The average molecular weight is 295 g/mol. The molecule has 1 atom stereocenters. The van der Waals surface area contributed by atoms with Gasteiger partial charge in [-0.3, -0.25) is 4.79 Å². The standard InChI is InChI=1S/C12H13F3N2O.ClH/c13-9-4-7(5-10(14)11(9)15)12(18)17-3-1-2-8(17)6-16;/h4-5,8H,1-3,6,16H2;1H. The zero-order chi connectivity index (χ0) is 13.3. The first kappa shape index (κ1) is 15.8. The van der Waals surface area contributed by atoms with Gasteiger partial charge in [0.25, 0.3) is 5.91 Å². The summed E-state index contributed by atoms with van der Waals surface area (Å²) in [5.41, 5.74) is 5.33. The minimum atomic E-state index is -1.57. The molecule has 106 valence electrons. The minimum absolute atomic E-state index is 0. The van der Waals surface area contributed by atoms with Gasteiger partial charge >= 0.3 is 0 Å². The molecule has 0 radical (unpaired) electrons. The van der Waals surface area contributed by atoms with Crippen molar-refractivity contribution in [2.45, 2.75) is 18.9 Å². The van der Waals surface area contributed by atoms with Crippen molar-refractivity contribution >= 4 is 18.3 Å². The Labute approximate surface area is 115 Å². The predicted octanol–water partition coefficient (Wildman–Crippen LogP) is 2.09. The Hall–Kier alpha value is -1.27. The number of benzene rings is 1. The van der Waals surface area contributed by atoms with Crippen LogP contribution in [-0.4, -0.2) is 29.9 Å². The second-order valence-electron chi connectivity index (χ2n) is 4.28. The first-order chi connectivity index (χ1) is 8.54. The van der Waals surface area contributed by atoms with E-state index in [9.17, 15) is 18.0 Å². The molecule has 7 heteroatoms. The summed E-state index contributed by atoms with van der Waals surface area (Å²) in [7, 11) is 0. The lowest BCUT2D eigenvalue weighted by Crippen LogP contribution is -2.40. The molecule has 1 saturated heterocycles. The van der Waals surface area contributed by atoms with Gasteiger partial charge in [0.05, 0.1) is 0 Å². The minimum Gasteiger partial charge on any atom is -0.334 e. The van der Waals surface area contributed by atoms with Crippen molar-refractivity contribution in [2.75, 3.05) is 13.1 Å². The molecule has 1 aromatic rings. The molecule has 0 aromatic heterocycles. The highest BCUT2D eigenvalue weighted by molar-refractivity contribution is 5.94. The molecule has 0 bridgehead atoms. The Morgan fingerprint density at radius 1 is 1.32 bits per heavy atom. The van der Waals surface area contributed by atoms with Crippen LogP contribution in [0.1, 0.15) is 23.2 Å². The molecule has 19 heavy (non-hydrogen) atoms. The molecule has 2 rings (SSSR count). The SMILES string of the molecule is Cl.NCC1CCCN1C(=O)c1cc(F)c(F)c(F)c1. The number of amides is 1. The first-order valence-electron chi connectivity index (χ1n) is 5.70. The van der Waals surface area contributed by atoms with Crippen molar-refractivity contribution in [2.24, 2.45) is 5.73 Å². The zero-order valence-corrected chi connectivity index (χ0v) is 10.9. The van der Waals surface area contributed by atoms with Gasteiger partial charge in [-0.25, -0.2) is 13.2 Å². The summed E-state index contributed by atoms with van der Waals surface area (Å²) < 4.78 is 38.9. The van der Waals surface area contributed by atoms with E-state index < -0.39 is 23.4 Å². The van der Waals surface area contributed by atoms with Gasteiger partial charge in [0.2, 0.25) is 0 Å². The van der Waals surface area contributed by atoms with Crippen LogP contribution in [0.25, 0.3) is 0 Å². The summed E-state index contributed by atoms with van der Waals surface area (Å²) >= 11 is 0. The highest BCUT2D eigenvalue weighted by atomic mass is 35.5. The third-order valence-electron chi connectivity index (χ3n) is 3.14. The van der Waals surface area contributed by atoms with Crippen molar-refractivity contribution < 1.29 is 18.0 Å². The number of hydrogen-bond donors (Lipinski definition) is 1. The molecular formula is C12H14ClF3N2O. The average Bonchev–Trinajstić information content (AvgIpc) is 2.82. The summed E-state index contributed by atoms with van der Waals surface area (Å²) in [6.45, 7) is 0.805. The summed E-state index contributed by atoms with van der Waals surface area (Å²) in [6.07, 6.45) is 1.58. The number of nitrogens with zero attached hydrogens (tertiary/aromatic N) is 1. The smallest absolute Gasteiger partial charge is 0.254 e. The van der Waals surface area contributed by atoms with Crippen molar-refractivity contribution in [1.82, 2.24) is 4.90 Å². The molecule has 2 N–H and O–H groups in total. The first-order valence-corrected chi connectivity index (χ1v) is 5.70. The summed E-state index contributed by atoms with van der Waals surface area (Å²) in [5, 5.41) is 0. The van der Waals surface area contributed by atoms with Gasteiger partial charge in [-0.05, 0) is 25.0 Å². The normalized spacial score (nSPS) is 18.3. The fraction of sp³-hybridized carbons (Fsp3) is 0.417. The second-order valence-corrected chi connectivity index (χ2v) is 4.28. The summed E-state index contributed by atoms with van der Waals surface area (Å²) in [6, 6.07) is 1.31. The quantitative estimate of drug-likeness (QED) is 0.849. The third kappa shape index (κ3) is 3.01. The second kappa shape index (κ2) is 6.25. The zero-order valence-electron chi connectivity index (χ0n) is 10.0. The van der Waals surface area contributed by atoms with Crippen molar-refractivity contribution in [3.05, 3.63) is 35.1 Å². The number of likely N-dealkylation sites (tertiary alicyclic amines) is 1. The van der Waals surface area contributed by atoms with E-state index >= 15 is 0 Å². The van der Waals surface area contributed by atoms with Crippen molar-refractivity contribution in [3.63, 3.8) is 0 Å². The highest BCUT2D eigenvalue weighted by Gasteiger charge is 2.29. The lowest BCUT2D eigenvalue weighted by molar-refractivity contribution is 0.0740. The Balaban J connectivity index is 0.00000180. The van der Waals surface area contributed by atoms with Crippen molar-refractivity contribution in [1.29, 1.82) is 0 Å². The summed E-state index contributed by atoms with van der Waals surface area (Å²) in [5.74, 6) is -4.80. The molecule has 1 aliphatic heterocycles. The number of hydrogen-bond acceptors (Lipinski definition) is 2. The number of carbonyl (C=O) groups is 1. The molecular weight excluding hydrogens is 281 g/mol. The monoisotopic (exact) mass is 294 g/mol. The number of rotatable bonds is 2. The molecule has 0 spiro atoms. The lowest BCUT2D eigenvalue weighted by atomic mass is 10.1. The molecule has 0 saturated carbocycles. The predicted molar refractivity (Wildman–Crippen MR) is 66.7 cm³/mol. The van der Waals surface area contributed by atoms with Gasteiger partial charge in [0.15, 0.2) is 17.5 Å². The number of nitrogens with two attached hydrogens (primary N) is 1. The molecule has 1 aliphatic rings. The fourth-order valence-corrected chi connectivity index (χ4v) is 2.19. The molecule has 1 amide bonds. The molecule has 1 unspecified atom stereocenters. The van der Waals surface area contributed by atoms with E-state index in [1.54, 1.807) is 0 Å². The number of carbonyl (C=O) groups excluding carboxylic acids is 1. The Morgan fingerprint density at radius 2 is 1.89 bits per heavy atom. The van der Waals surface area contributed by atoms with E-state index in [0.29, 0.717) is 25.2 Å². The molecule has 1 fully saturated rings. The van der Waals surface area contributed by atoms with Crippen LogP contribution < -0.4 is 5.73 Å². The number of halogens is 4. The van der Waals surface area contributed by atoms with Gasteiger partial charge in [-0.1, -0.05) is 0 Å². The van der Waals surface area contributed by atoms with Gasteiger partial charge in [-0.15, -0.1) is 12.4 Å². The lowest BCUT2D eigenvalue weighted by Gasteiger charge is -2.23. The van der Waals surface area contributed by atoms with Crippen LogP contribution in [-0.2, 0) is 0 Å². The maximum atomic E-state index is 13.1. The van der Waals surface area contributed by atoms with E-state index in [1.165, 1.54) is 4.90 Å². The van der Waals surface area contributed by atoms with Gasteiger partial charge < -0.3 is 10.6 Å². The van der Waals surface area contributed by atoms with Crippen LogP contribution >= 0.6 is 12.4 Å². The van der Waals surface area contributed by atoms with Gasteiger partial charge in [0.1, 0.15) is 0 Å². The highest BCUT2D eigenvalue weighted by Crippen LogP contribution is 2.21. The van der Waals surface area contributed by atoms with E-state index in [-0.39, 0.29) is 24.0 Å².